The Labute approximate surface area is 77.5 Å². The van der Waals surface area contributed by atoms with E-state index in [9.17, 15) is 14.7 Å². The Hall–Kier alpha value is -1.36. The Kier molecular flexibility index (Phi) is 6.75. The van der Waals surface area contributed by atoms with Crippen LogP contribution in [0.15, 0.2) is 12.7 Å². The zero-order chi connectivity index (χ0) is 11.1. The van der Waals surface area contributed by atoms with Gasteiger partial charge in [-0.25, -0.2) is 4.79 Å². The molecule has 0 aliphatic carbocycles. The molecule has 13 heavy (non-hydrogen) atoms. The molecule has 0 bridgehead atoms. The van der Waals surface area contributed by atoms with Crippen molar-refractivity contribution in [1.29, 1.82) is 0 Å². The van der Waals surface area contributed by atoms with Gasteiger partial charge in [0.25, 0.3) is 0 Å². The summed E-state index contributed by atoms with van der Waals surface area (Å²) in [5.74, 6) is -1.98. The minimum absolute atomic E-state index is 0.0694. The van der Waals surface area contributed by atoms with Gasteiger partial charge in [0.2, 0.25) is 0 Å². The van der Waals surface area contributed by atoms with Crippen molar-refractivity contribution in [3.05, 3.63) is 12.7 Å². The second kappa shape index (κ2) is 6.19. The number of carbonyl (C=O) groups excluding carboxylic acids is 1. The molecule has 0 amide bonds. The Balaban J connectivity index is 0. The van der Waals surface area contributed by atoms with Crippen LogP contribution in [0.4, 0.5) is 0 Å². The molecule has 0 rings (SSSR count). The maximum atomic E-state index is 9.89. The van der Waals surface area contributed by atoms with Gasteiger partial charge in [-0.1, -0.05) is 6.58 Å². The van der Waals surface area contributed by atoms with Gasteiger partial charge in [-0.05, 0) is 0 Å². The summed E-state index contributed by atoms with van der Waals surface area (Å²) in [5, 5.41) is 17.5. The molecule has 0 radical (unpaired) electrons. The molecule has 0 aromatic heterocycles. The predicted molar refractivity (Wildman–Crippen MR) is 45.7 cm³/mol. The fraction of sp³-hybridized carbons (Fsp3) is 0.500. The lowest BCUT2D eigenvalue weighted by molar-refractivity contribution is -0.864. The average molecular weight is 189 g/mol. The minimum Gasteiger partial charge on any atom is -0.544 e. The number of rotatable bonds is 3. The summed E-state index contributed by atoms with van der Waals surface area (Å²) in [6, 6.07) is 0. The molecule has 0 aromatic rings. The molecule has 0 saturated carbocycles. The van der Waals surface area contributed by atoms with Gasteiger partial charge < -0.3 is 19.5 Å². The summed E-state index contributed by atoms with van der Waals surface area (Å²) in [7, 11) is 5.40. The van der Waals surface area contributed by atoms with E-state index in [0.29, 0.717) is 4.48 Å². The number of carbonyl (C=O) groups is 2. The molecule has 0 saturated heterocycles. The second-order valence-electron chi connectivity index (χ2n) is 3.36. The van der Waals surface area contributed by atoms with Crippen molar-refractivity contribution < 1.29 is 24.3 Å². The van der Waals surface area contributed by atoms with Gasteiger partial charge in [-0.3, -0.25) is 0 Å². The number of hydrogen-bond acceptors (Lipinski definition) is 3. The molecule has 76 valence electrons. The molecule has 5 heteroatoms. The summed E-state index contributed by atoms with van der Waals surface area (Å²) < 4.78 is 0.419. The summed E-state index contributed by atoms with van der Waals surface area (Å²) in [6.45, 7) is 3.03. The third-order valence-corrected chi connectivity index (χ3v) is 0.778. The van der Waals surface area contributed by atoms with Gasteiger partial charge in [0, 0.05) is 6.08 Å². The monoisotopic (exact) mass is 189 g/mol. The number of carboxylic acids is 2. The van der Waals surface area contributed by atoms with E-state index < -0.39 is 11.9 Å². The molecule has 0 fully saturated rings. The molecule has 0 atom stereocenters. The van der Waals surface area contributed by atoms with Crippen LogP contribution in [0.25, 0.3) is 0 Å². The van der Waals surface area contributed by atoms with E-state index in [4.69, 9.17) is 5.11 Å². The molecule has 0 aromatic carbocycles. The molecule has 0 aliphatic rings. The minimum atomic E-state index is -1.00. The van der Waals surface area contributed by atoms with E-state index in [0.717, 1.165) is 6.08 Å². The van der Waals surface area contributed by atoms with Gasteiger partial charge in [0.05, 0.1) is 27.1 Å². The average Bonchev–Trinajstić information content (AvgIpc) is 1.83. The van der Waals surface area contributed by atoms with Crippen LogP contribution in [0.3, 0.4) is 0 Å². The van der Waals surface area contributed by atoms with E-state index in [1.54, 1.807) is 21.1 Å². The van der Waals surface area contributed by atoms with Crippen LogP contribution in [0.5, 0.6) is 0 Å². The van der Waals surface area contributed by atoms with Crippen LogP contribution in [-0.2, 0) is 9.59 Å². The summed E-state index contributed by atoms with van der Waals surface area (Å²) in [6.07, 6.45) is 0.833. The first-order valence-electron chi connectivity index (χ1n) is 3.54. The molecular weight excluding hydrogens is 174 g/mol. The molecular formula is C8H15NO4. The highest BCUT2D eigenvalue weighted by atomic mass is 16.4. The maximum absolute atomic E-state index is 9.89. The van der Waals surface area contributed by atoms with Crippen molar-refractivity contribution in [3.63, 3.8) is 0 Å². The van der Waals surface area contributed by atoms with Crippen LogP contribution < -0.4 is 5.11 Å². The number of aliphatic carboxylic acids is 2. The van der Waals surface area contributed by atoms with Gasteiger partial charge >= 0.3 is 5.97 Å². The van der Waals surface area contributed by atoms with Gasteiger partial charge in [-0.15, -0.1) is 0 Å². The molecule has 0 heterocycles. The lowest BCUT2D eigenvalue weighted by atomic mass is 10.5. The molecule has 0 aliphatic heterocycles. The Morgan fingerprint density at radius 1 is 1.46 bits per heavy atom. The number of hydrogen-bond donors (Lipinski definition) is 1. The van der Waals surface area contributed by atoms with Crippen molar-refractivity contribution in [2.45, 2.75) is 0 Å². The fourth-order valence-corrected chi connectivity index (χ4v) is 0.387. The standard InChI is InChI=1S/C5H11NO2.C3H4O2/c1-6(2,3)4-5(7)8;1-2-3(4)5/h4H2,1-3H3;2H,1H2,(H,4,5). The first-order chi connectivity index (χ1) is 5.69. The van der Waals surface area contributed by atoms with Gasteiger partial charge in [-0.2, -0.15) is 0 Å². The maximum Gasteiger partial charge on any atom is 0.327 e. The van der Waals surface area contributed by atoms with E-state index in [1.807, 2.05) is 0 Å². The van der Waals surface area contributed by atoms with Gasteiger partial charge in [0.1, 0.15) is 6.54 Å². The number of quaternary nitrogens is 1. The molecule has 5 nitrogen and oxygen atoms in total. The number of likely N-dealkylation sites (N-methyl/N-ethyl adjacent to an activating group) is 1. The Morgan fingerprint density at radius 3 is 1.77 bits per heavy atom. The second-order valence-corrected chi connectivity index (χ2v) is 3.36. The van der Waals surface area contributed by atoms with Crippen molar-refractivity contribution in [1.82, 2.24) is 0 Å². The number of carboxylic acid groups (broad SMARTS) is 2. The Bertz CT molecular complexity index is 193. The molecule has 0 spiro atoms. The SMILES string of the molecule is C=CC(=O)O.C[N+](C)(C)CC(=O)[O-]. The van der Waals surface area contributed by atoms with Crippen molar-refractivity contribution in [3.8, 4) is 0 Å². The van der Waals surface area contributed by atoms with Crippen LogP contribution >= 0.6 is 0 Å². The summed E-state index contributed by atoms with van der Waals surface area (Å²) >= 11 is 0. The topological polar surface area (TPSA) is 77.4 Å². The highest BCUT2D eigenvalue weighted by Gasteiger charge is 2.04. The van der Waals surface area contributed by atoms with E-state index in [2.05, 4.69) is 6.58 Å². The van der Waals surface area contributed by atoms with Crippen molar-refractivity contribution >= 4 is 11.9 Å². The summed E-state index contributed by atoms with van der Waals surface area (Å²) in [4.78, 5) is 19.1. The quantitative estimate of drug-likeness (QED) is 0.442. The van der Waals surface area contributed by atoms with Crippen LogP contribution in [-0.4, -0.2) is 49.2 Å². The zero-order valence-corrected chi connectivity index (χ0v) is 8.11. The third-order valence-electron chi connectivity index (χ3n) is 0.778. The Morgan fingerprint density at radius 2 is 1.77 bits per heavy atom. The number of nitrogens with zero attached hydrogens (tertiary/aromatic N) is 1. The largest absolute Gasteiger partial charge is 0.544 e. The van der Waals surface area contributed by atoms with Gasteiger partial charge in [0.15, 0.2) is 0 Å². The van der Waals surface area contributed by atoms with E-state index in [-0.39, 0.29) is 6.54 Å². The smallest absolute Gasteiger partial charge is 0.327 e. The highest BCUT2D eigenvalue weighted by molar-refractivity contribution is 5.78. The first kappa shape index (κ1) is 14.2. The van der Waals surface area contributed by atoms with Crippen LogP contribution in [0, 0.1) is 0 Å². The lowest BCUT2D eigenvalue weighted by Gasteiger charge is -2.23. The van der Waals surface area contributed by atoms with E-state index >= 15 is 0 Å². The van der Waals surface area contributed by atoms with Crippen LogP contribution in [0.2, 0.25) is 0 Å². The molecule has 0 unspecified atom stereocenters. The fourth-order valence-electron chi connectivity index (χ4n) is 0.387. The first-order valence-corrected chi connectivity index (χ1v) is 3.54. The zero-order valence-electron chi connectivity index (χ0n) is 8.11. The van der Waals surface area contributed by atoms with Crippen molar-refractivity contribution in [2.75, 3.05) is 27.7 Å². The summed E-state index contributed by atoms with van der Waals surface area (Å²) in [5.41, 5.74) is 0. The van der Waals surface area contributed by atoms with Crippen LogP contribution in [0.1, 0.15) is 0 Å². The predicted octanol–water partition coefficient (Wildman–Crippen LogP) is -1.30. The highest BCUT2D eigenvalue weighted by Crippen LogP contribution is 1.84. The normalized spacial score (nSPS) is 9.46. The van der Waals surface area contributed by atoms with Crippen molar-refractivity contribution in [2.24, 2.45) is 0 Å². The lowest BCUT2D eigenvalue weighted by Crippen LogP contribution is -2.45. The van der Waals surface area contributed by atoms with E-state index in [1.165, 1.54) is 0 Å². The molecule has 1 N–H and O–H groups in total. The third kappa shape index (κ3) is 25.0.